The van der Waals surface area contributed by atoms with E-state index < -0.39 is 5.69 Å². The second kappa shape index (κ2) is 5.81. The fourth-order valence-corrected chi connectivity index (χ4v) is 1.57. The van der Waals surface area contributed by atoms with E-state index in [0.29, 0.717) is 21.6 Å². The summed E-state index contributed by atoms with van der Waals surface area (Å²) in [5, 5.41) is 10.8. The third-order valence-electron chi connectivity index (χ3n) is 2.20. The van der Waals surface area contributed by atoms with Crippen LogP contribution >= 0.6 is 23.2 Å². The number of H-pyrrole nitrogens is 1. The van der Waals surface area contributed by atoms with Gasteiger partial charge in [-0.05, 0) is 24.6 Å². The number of aromatic amines is 1. The quantitative estimate of drug-likeness (QED) is 0.672. The summed E-state index contributed by atoms with van der Waals surface area (Å²) in [6.07, 6.45) is 1.53. The zero-order chi connectivity index (χ0) is 13.8. The van der Waals surface area contributed by atoms with Gasteiger partial charge in [-0.3, -0.25) is 5.43 Å². The number of aryl methyl sites for hydroxylation is 1. The molecule has 0 amide bonds. The molecular formula is C11H9Cl2N5O. The van der Waals surface area contributed by atoms with Gasteiger partial charge in [0, 0.05) is 0 Å². The van der Waals surface area contributed by atoms with Crippen LogP contribution in [0, 0.1) is 6.92 Å². The zero-order valence-electron chi connectivity index (χ0n) is 9.82. The monoisotopic (exact) mass is 297 g/mol. The molecule has 0 aliphatic carbocycles. The van der Waals surface area contributed by atoms with Crippen molar-refractivity contribution in [1.82, 2.24) is 15.2 Å². The normalized spacial score (nSPS) is 10.9. The third-order valence-corrected chi connectivity index (χ3v) is 2.94. The van der Waals surface area contributed by atoms with Crippen LogP contribution in [0.25, 0.3) is 0 Å². The lowest BCUT2D eigenvalue weighted by Gasteiger charge is -2.01. The highest BCUT2D eigenvalue weighted by Gasteiger charge is 2.00. The van der Waals surface area contributed by atoms with Gasteiger partial charge >= 0.3 is 5.69 Å². The lowest BCUT2D eigenvalue weighted by Crippen LogP contribution is -2.15. The fraction of sp³-hybridized carbons (Fsp3) is 0.0909. The Bertz CT molecular complexity index is 683. The van der Waals surface area contributed by atoms with Gasteiger partial charge < -0.3 is 0 Å². The van der Waals surface area contributed by atoms with Crippen molar-refractivity contribution in [1.29, 1.82) is 0 Å². The van der Waals surface area contributed by atoms with Crippen molar-refractivity contribution >= 4 is 35.2 Å². The van der Waals surface area contributed by atoms with Crippen molar-refractivity contribution in [3.63, 3.8) is 0 Å². The van der Waals surface area contributed by atoms with E-state index in [2.05, 4.69) is 25.7 Å². The number of aromatic nitrogens is 3. The summed E-state index contributed by atoms with van der Waals surface area (Å²) in [6, 6.07) is 5.10. The van der Waals surface area contributed by atoms with Gasteiger partial charge in [-0.1, -0.05) is 29.3 Å². The Hall–Kier alpha value is -1.92. The first kappa shape index (κ1) is 13.5. The first-order chi connectivity index (χ1) is 9.06. The Balaban J connectivity index is 2.13. The van der Waals surface area contributed by atoms with Crippen molar-refractivity contribution in [3.8, 4) is 0 Å². The molecule has 1 aromatic carbocycles. The number of hydrazone groups is 1. The van der Waals surface area contributed by atoms with Gasteiger partial charge in [-0.25, -0.2) is 9.89 Å². The highest BCUT2D eigenvalue weighted by molar-refractivity contribution is 6.42. The largest absolute Gasteiger partial charge is 0.363 e. The van der Waals surface area contributed by atoms with Gasteiger partial charge in [0.1, 0.15) is 5.69 Å². The van der Waals surface area contributed by atoms with Crippen LogP contribution in [-0.2, 0) is 0 Å². The summed E-state index contributed by atoms with van der Waals surface area (Å²) >= 11 is 11.7. The average Bonchev–Trinajstić information content (AvgIpc) is 2.38. The molecule has 0 saturated carbocycles. The Kier molecular flexibility index (Phi) is 4.13. The standard InChI is InChI=1S/C11H9Cl2N5O/c1-6-10(15-11(19)18-16-6)17-14-5-7-2-3-8(12)9(13)4-7/h2-5H,1H3,(H2,15,17,18,19). The maximum Gasteiger partial charge on any atom is 0.363 e. The molecule has 0 radical (unpaired) electrons. The lowest BCUT2D eigenvalue weighted by molar-refractivity contribution is 0.879. The molecule has 0 saturated heterocycles. The smallest absolute Gasteiger partial charge is 0.260 e. The van der Waals surface area contributed by atoms with E-state index in [9.17, 15) is 4.79 Å². The summed E-state index contributed by atoms with van der Waals surface area (Å²) in [5.74, 6) is 0.292. The summed E-state index contributed by atoms with van der Waals surface area (Å²) in [6.45, 7) is 1.69. The highest BCUT2D eigenvalue weighted by atomic mass is 35.5. The van der Waals surface area contributed by atoms with Gasteiger partial charge in [-0.2, -0.15) is 15.2 Å². The van der Waals surface area contributed by atoms with Gasteiger partial charge in [0.25, 0.3) is 0 Å². The van der Waals surface area contributed by atoms with Crippen LogP contribution in [0.5, 0.6) is 0 Å². The molecule has 6 nitrogen and oxygen atoms in total. The minimum Gasteiger partial charge on any atom is -0.260 e. The van der Waals surface area contributed by atoms with Crippen LogP contribution in [0.3, 0.4) is 0 Å². The van der Waals surface area contributed by atoms with Crippen LogP contribution in [0.4, 0.5) is 5.82 Å². The SMILES string of the molecule is Cc1n[nH]c(=O)nc1NN=Cc1ccc(Cl)c(Cl)c1. The van der Waals surface area contributed by atoms with Crippen molar-refractivity contribution in [3.05, 3.63) is 50.0 Å². The minimum atomic E-state index is -0.544. The lowest BCUT2D eigenvalue weighted by atomic mass is 10.2. The molecule has 98 valence electrons. The molecule has 0 fully saturated rings. The van der Waals surface area contributed by atoms with E-state index in [-0.39, 0.29) is 0 Å². The molecule has 1 heterocycles. The van der Waals surface area contributed by atoms with E-state index in [4.69, 9.17) is 23.2 Å². The van der Waals surface area contributed by atoms with Crippen LogP contribution in [0.2, 0.25) is 10.0 Å². The highest BCUT2D eigenvalue weighted by Crippen LogP contribution is 2.21. The Morgan fingerprint density at radius 1 is 1.37 bits per heavy atom. The molecule has 2 aromatic rings. The Morgan fingerprint density at radius 3 is 2.89 bits per heavy atom. The van der Waals surface area contributed by atoms with Gasteiger partial charge in [0.2, 0.25) is 0 Å². The van der Waals surface area contributed by atoms with E-state index in [1.54, 1.807) is 25.1 Å². The molecule has 8 heteroatoms. The number of nitrogens with zero attached hydrogens (tertiary/aromatic N) is 3. The van der Waals surface area contributed by atoms with E-state index in [1.165, 1.54) is 6.21 Å². The van der Waals surface area contributed by atoms with Crippen LogP contribution in [0.1, 0.15) is 11.3 Å². The van der Waals surface area contributed by atoms with E-state index in [0.717, 1.165) is 5.56 Å². The molecule has 0 spiro atoms. The third kappa shape index (κ3) is 3.52. The van der Waals surface area contributed by atoms with Crippen LogP contribution in [0.15, 0.2) is 28.1 Å². The Morgan fingerprint density at radius 2 is 2.16 bits per heavy atom. The van der Waals surface area contributed by atoms with E-state index in [1.807, 2.05) is 0 Å². The predicted octanol–water partition coefficient (Wildman–Crippen LogP) is 2.23. The second-order valence-corrected chi connectivity index (χ2v) is 4.43. The maximum absolute atomic E-state index is 11.0. The first-order valence-corrected chi connectivity index (χ1v) is 5.99. The number of hydrogen-bond acceptors (Lipinski definition) is 5. The van der Waals surface area contributed by atoms with Crippen LogP contribution in [-0.4, -0.2) is 21.4 Å². The first-order valence-electron chi connectivity index (χ1n) is 5.24. The minimum absolute atomic E-state index is 0.292. The molecule has 1 aromatic heterocycles. The molecule has 0 atom stereocenters. The molecule has 19 heavy (non-hydrogen) atoms. The zero-order valence-corrected chi connectivity index (χ0v) is 11.3. The van der Waals surface area contributed by atoms with Crippen molar-refractivity contribution in [2.45, 2.75) is 6.92 Å². The number of benzene rings is 1. The van der Waals surface area contributed by atoms with Gasteiger partial charge in [0.15, 0.2) is 5.82 Å². The molecule has 2 rings (SSSR count). The van der Waals surface area contributed by atoms with Crippen molar-refractivity contribution in [2.75, 3.05) is 5.43 Å². The fourth-order valence-electron chi connectivity index (χ4n) is 1.26. The number of anilines is 1. The summed E-state index contributed by atoms with van der Waals surface area (Å²) in [4.78, 5) is 14.7. The molecule has 0 aliphatic rings. The van der Waals surface area contributed by atoms with Crippen molar-refractivity contribution < 1.29 is 0 Å². The molecule has 0 aliphatic heterocycles. The number of rotatable bonds is 3. The molecule has 2 N–H and O–H groups in total. The Labute approximate surface area is 118 Å². The van der Waals surface area contributed by atoms with Gasteiger partial charge in [0.05, 0.1) is 16.3 Å². The summed E-state index contributed by atoms with van der Waals surface area (Å²) in [7, 11) is 0. The average molecular weight is 298 g/mol. The molecular weight excluding hydrogens is 289 g/mol. The second-order valence-electron chi connectivity index (χ2n) is 3.62. The topological polar surface area (TPSA) is 83.0 Å². The van der Waals surface area contributed by atoms with Crippen molar-refractivity contribution in [2.24, 2.45) is 5.10 Å². The van der Waals surface area contributed by atoms with Gasteiger partial charge in [-0.15, -0.1) is 0 Å². The molecule has 0 unspecified atom stereocenters. The summed E-state index contributed by atoms with van der Waals surface area (Å²) < 4.78 is 0. The number of nitrogens with one attached hydrogen (secondary N) is 2. The maximum atomic E-state index is 11.0. The van der Waals surface area contributed by atoms with Crippen LogP contribution < -0.4 is 11.1 Å². The summed E-state index contributed by atoms with van der Waals surface area (Å²) in [5.41, 5.74) is 3.39. The number of hydrogen-bond donors (Lipinski definition) is 2. The molecule has 0 bridgehead atoms. The van der Waals surface area contributed by atoms with E-state index >= 15 is 0 Å². The number of halogens is 2. The predicted molar refractivity (Wildman–Crippen MR) is 75.1 cm³/mol.